The molecule has 0 spiro atoms. The maximum absolute atomic E-state index is 10.6. The van der Waals surface area contributed by atoms with Crippen molar-refractivity contribution in [2.45, 2.75) is 20.3 Å². The van der Waals surface area contributed by atoms with Crippen molar-refractivity contribution in [2.24, 2.45) is 0 Å². The maximum atomic E-state index is 10.6. The predicted octanol–water partition coefficient (Wildman–Crippen LogP) is -0.236. The van der Waals surface area contributed by atoms with Gasteiger partial charge in [0.1, 0.15) is 0 Å². The van der Waals surface area contributed by atoms with E-state index in [2.05, 4.69) is 10.1 Å². The molecule has 12 heavy (non-hydrogen) atoms. The van der Waals surface area contributed by atoms with E-state index in [1.807, 2.05) is 0 Å². The summed E-state index contributed by atoms with van der Waals surface area (Å²) in [7, 11) is 0. The smallest absolute Gasteiger partial charge is 0.315 e. The summed E-state index contributed by atoms with van der Waals surface area (Å²) in [5, 5.41) is 2.27. The fourth-order valence-electron chi connectivity index (χ4n) is 0.480. The lowest BCUT2D eigenvalue weighted by Gasteiger charge is -1.99. The molecule has 0 unspecified atom stereocenters. The van der Waals surface area contributed by atoms with E-state index < -0.39 is 11.9 Å². The SMILES string of the molecule is CC(=O)N[CH]CC(=O)OC(C)=O. The number of hydrogen-bond donors (Lipinski definition) is 1. The van der Waals surface area contributed by atoms with Crippen LogP contribution in [0.3, 0.4) is 0 Å². The molecular weight excluding hydrogens is 162 g/mol. The van der Waals surface area contributed by atoms with Crippen molar-refractivity contribution >= 4 is 17.8 Å². The number of rotatable bonds is 3. The van der Waals surface area contributed by atoms with Crippen molar-refractivity contribution < 1.29 is 19.1 Å². The van der Waals surface area contributed by atoms with Crippen molar-refractivity contribution in [3.05, 3.63) is 6.54 Å². The summed E-state index contributed by atoms with van der Waals surface area (Å²) in [5.41, 5.74) is 0. The van der Waals surface area contributed by atoms with Crippen LogP contribution in [0.5, 0.6) is 0 Å². The summed E-state index contributed by atoms with van der Waals surface area (Å²) in [6.07, 6.45) is -0.112. The Morgan fingerprint density at radius 3 is 2.33 bits per heavy atom. The molecule has 5 nitrogen and oxygen atoms in total. The minimum atomic E-state index is -0.684. The first-order valence-corrected chi connectivity index (χ1v) is 3.32. The molecule has 0 aliphatic carbocycles. The minimum Gasteiger partial charge on any atom is -0.393 e. The fourth-order valence-corrected chi connectivity index (χ4v) is 0.480. The van der Waals surface area contributed by atoms with Gasteiger partial charge in [0, 0.05) is 13.8 Å². The second kappa shape index (κ2) is 5.29. The molecule has 0 bridgehead atoms. The van der Waals surface area contributed by atoms with Gasteiger partial charge in [0.15, 0.2) is 0 Å². The predicted molar refractivity (Wildman–Crippen MR) is 39.5 cm³/mol. The fraction of sp³-hybridized carbons (Fsp3) is 0.429. The van der Waals surface area contributed by atoms with Gasteiger partial charge < -0.3 is 10.1 Å². The molecule has 0 atom stereocenters. The van der Waals surface area contributed by atoms with E-state index in [1.165, 1.54) is 13.5 Å². The van der Waals surface area contributed by atoms with Crippen molar-refractivity contribution in [3.63, 3.8) is 0 Å². The monoisotopic (exact) mass is 172 g/mol. The number of ether oxygens (including phenoxy) is 1. The molecule has 1 N–H and O–H groups in total. The van der Waals surface area contributed by atoms with Gasteiger partial charge >= 0.3 is 11.9 Å². The van der Waals surface area contributed by atoms with E-state index in [9.17, 15) is 14.4 Å². The van der Waals surface area contributed by atoms with Crippen LogP contribution in [0.2, 0.25) is 0 Å². The molecule has 0 aliphatic heterocycles. The molecule has 0 rings (SSSR count). The molecule has 67 valence electrons. The van der Waals surface area contributed by atoms with Crippen LogP contribution in [0.1, 0.15) is 20.3 Å². The number of nitrogens with one attached hydrogen (secondary N) is 1. The van der Waals surface area contributed by atoms with Gasteiger partial charge in [-0.1, -0.05) is 0 Å². The number of esters is 2. The van der Waals surface area contributed by atoms with Crippen molar-refractivity contribution in [1.82, 2.24) is 5.32 Å². The highest BCUT2D eigenvalue weighted by Crippen LogP contribution is 1.88. The van der Waals surface area contributed by atoms with Gasteiger partial charge in [0.25, 0.3) is 0 Å². The van der Waals surface area contributed by atoms with Gasteiger partial charge in [-0.2, -0.15) is 0 Å². The van der Waals surface area contributed by atoms with Crippen LogP contribution in [-0.2, 0) is 19.1 Å². The highest BCUT2D eigenvalue weighted by Gasteiger charge is 2.05. The zero-order chi connectivity index (χ0) is 9.56. The Bertz CT molecular complexity index is 200. The minimum absolute atomic E-state index is 0.112. The Morgan fingerprint density at radius 1 is 1.33 bits per heavy atom. The van der Waals surface area contributed by atoms with Gasteiger partial charge in [0.05, 0.1) is 13.0 Å². The van der Waals surface area contributed by atoms with E-state index >= 15 is 0 Å². The molecule has 1 radical (unpaired) electrons. The lowest BCUT2D eigenvalue weighted by Crippen LogP contribution is -2.19. The van der Waals surface area contributed by atoms with Crippen LogP contribution in [0, 0.1) is 6.54 Å². The van der Waals surface area contributed by atoms with Crippen molar-refractivity contribution in [3.8, 4) is 0 Å². The maximum Gasteiger partial charge on any atom is 0.315 e. The Kier molecular flexibility index (Phi) is 4.67. The summed E-state index contributed by atoms with van der Waals surface area (Å²) in [4.78, 5) is 31.1. The molecule has 0 heterocycles. The van der Waals surface area contributed by atoms with Gasteiger partial charge in [-0.05, 0) is 0 Å². The molecule has 0 fully saturated rings. The molecule has 0 aromatic rings. The van der Waals surface area contributed by atoms with E-state index in [-0.39, 0.29) is 12.3 Å². The summed E-state index contributed by atoms with van der Waals surface area (Å²) >= 11 is 0. The largest absolute Gasteiger partial charge is 0.393 e. The molecule has 5 heteroatoms. The number of amides is 1. The second-order valence-corrected chi connectivity index (χ2v) is 2.07. The summed E-state index contributed by atoms with van der Waals surface area (Å²) < 4.78 is 4.17. The van der Waals surface area contributed by atoms with Gasteiger partial charge in [-0.15, -0.1) is 0 Å². The van der Waals surface area contributed by atoms with E-state index in [4.69, 9.17) is 0 Å². The molecular formula is C7H10NO4. The summed E-state index contributed by atoms with van der Waals surface area (Å²) in [6, 6.07) is 0. The standard InChI is InChI=1S/C7H10NO4/c1-5(9)8-4-3-7(11)12-6(2)10/h4H,3H2,1-2H3,(H,8,9). The van der Waals surface area contributed by atoms with Crippen LogP contribution in [0.4, 0.5) is 0 Å². The van der Waals surface area contributed by atoms with Crippen molar-refractivity contribution in [1.29, 1.82) is 0 Å². The van der Waals surface area contributed by atoms with Crippen molar-refractivity contribution in [2.75, 3.05) is 0 Å². The first kappa shape index (κ1) is 10.6. The van der Waals surface area contributed by atoms with E-state index in [1.54, 1.807) is 0 Å². The van der Waals surface area contributed by atoms with Crippen LogP contribution >= 0.6 is 0 Å². The van der Waals surface area contributed by atoms with Gasteiger partial charge in [0.2, 0.25) is 5.91 Å². The summed E-state index contributed by atoms with van der Waals surface area (Å²) in [5.74, 6) is -1.61. The summed E-state index contributed by atoms with van der Waals surface area (Å²) in [6.45, 7) is 3.68. The average molecular weight is 172 g/mol. The Balaban J connectivity index is 3.44. The van der Waals surface area contributed by atoms with E-state index in [0.29, 0.717) is 0 Å². The van der Waals surface area contributed by atoms with E-state index in [0.717, 1.165) is 6.92 Å². The zero-order valence-electron chi connectivity index (χ0n) is 6.92. The third-order valence-electron chi connectivity index (χ3n) is 0.832. The third kappa shape index (κ3) is 6.73. The van der Waals surface area contributed by atoms with Gasteiger partial charge in [-0.25, -0.2) is 0 Å². The molecule has 0 saturated carbocycles. The molecule has 1 amide bonds. The van der Waals surface area contributed by atoms with Crippen LogP contribution < -0.4 is 5.32 Å². The molecule has 0 aromatic carbocycles. The van der Waals surface area contributed by atoms with Crippen LogP contribution in [0.15, 0.2) is 0 Å². The lowest BCUT2D eigenvalue weighted by molar-refractivity contribution is -0.157. The topological polar surface area (TPSA) is 72.5 Å². The highest BCUT2D eigenvalue weighted by atomic mass is 16.6. The molecule has 0 aromatic heterocycles. The first-order chi connectivity index (χ1) is 5.52. The normalized spacial score (nSPS) is 8.83. The van der Waals surface area contributed by atoms with Gasteiger partial charge in [-0.3, -0.25) is 14.4 Å². The quantitative estimate of drug-likeness (QED) is 0.471. The highest BCUT2D eigenvalue weighted by molar-refractivity contribution is 5.85. The Labute approximate surface area is 70.1 Å². The Morgan fingerprint density at radius 2 is 1.92 bits per heavy atom. The van der Waals surface area contributed by atoms with Crippen LogP contribution in [-0.4, -0.2) is 17.8 Å². The third-order valence-corrected chi connectivity index (χ3v) is 0.832. The molecule has 0 aliphatic rings. The first-order valence-electron chi connectivity index (χ1n) is 3.32. The average Bonchev–Trinajstić information content (AvgIpc) is 1.84. The number of hydrogen-bond acceptors (Lipinski definition) is 4. The molecule has 0 saturated heterocycles. The Hall–Kier alpha value is -1.39. The number of carbonyl (C=O) groups is 3. The number of carbonyl (C=O) groups excluding carboxylic acids is 3. The lowest BCUT2D eigenvalue weighted by atomic mass is 10.4. The second-order valence-electron chi connectivity index (χ2n) is 2.07. The zero-order valence-corrected chi connectivity index (χ0v) is 6.92. The van der Waals surface area contributed by atoms with Crippen LogP contribution in [0.25, 0.3) is 0 Å².